The minimum Gasteiger partial charge on any atom is -0.334 e. The number of H-pyrrole nitrogens is 1. The van der Waals surface area contributed by atoms with E-state index in [0.29, 0.717) is 17.2 Å². The summed E-state index contributed by atoms with van der Waals surface area (Å²) < 4.78 is 0. The summed E-state index contributed by atoms with van der Waals surface area (Å²) in [6.45, 7) is 0. The van der Waals surface area contributed by atoms with Crippen molar-refractivity contribution >= 4 is 11.6 Å². The van der Waals surface area contributed by atoms with Crippen LogP contribution in [0.4, 0.5) is 5.69 Å². The van der Waals surface area contributed by atoms with Crippen molar-refractivity contribution in [2.75, 3.05) is 5.32 Å². The van der Waals surface area contributed by atoms with Gasteiger partial charge in [0.05, 0.1) is 18.1 Å². The molecule has 0 saturated carbocycles. The fourth-order valence-electron chi connectivity index (χ4n) is 1.81. The van der Waals surface area contributed by atoms with Crippen LogP contribution in [0.3, 0.4) is 0 Å². The van der Waals surface area contributed by atoms with Crippen molar-refractivity contribution in [1.29, 1.82) is 0 Å². The Bertz CT molecular complexity index is 707. The Morgan fingerprint density at radius 3 is 2.65 bits per heavy atom. The van der Waals surface area contributed by atoms with Crippen LogP contribution in [0, 0.1) is 0 Å². The van der Waals surface area contributed by atoms with Crippen LogP contribution in [-0.4, -0.2) is 20.9 Å². The van der Waals surface area contributed by atoms with Crippen LogP contribution in [0.1, 0.15) is 10.5 Å². The predicted molar refractivity (Wildman–Crippen MR) is 76.2 cm³/mol. The predicted octanol–water partition coefficient (Wildman–Crippen LogP) is 2.72. The number of benzene rings is 1. The van der Waals surface area contributed by atoms with E-state index >= 15 is 0 Å². The van der Waals surface area contributed by atoms with Crippen molar-refractivity contribution in [2.45, 2.75) is 0 Å². The molecule has 5 heteroatoms. The third kappa shape index (κ3) is 2.56. The van der Waals surface area contributed by atoms with Gasteiger partial charge in [0, 0.05) is 11.8 Å². The Balaban J connectivity index is 1.79. The number of aromatic amines is 1. The topological polar surface area (TPSA) is 70.7 Å². The molecule has 98 valence electrons. The van der Waals surface area contributed by atoms with Gasteiger partial charge in [0.2, 0.25) is 0 Å². The summed E-state index contributed by atoms with van der Waals surface area (Å²) in [5.41, 5.74) is 1.99. The number of amides is 1. The summed E-state index contributed by atoms with van der Waals surface area (Å²) in [5, 5.41) is 2.75. The molecule has 2 heterocycles. The SMILES string of the molecule is O=C(Nc1cccnc1)c1cnc(-c2ccccc2)[nH]1. The fraction of sp³-hybridized carbons (Fsp3) is 0. The molecule has 0 aliphatic carbocycles. The zero-order chi connectivity index (χ0) is 13.8. The number of aromatic nitrogens is 3. The van der Waals surface area contributed by atoms with Crippen LogP contribution in [0.25, 0.3) is 11.4 Å². The first-order valence-electron chi connectivity index (χ1n) is 6.15. The second kappa shape index (κ2) is 5.36. The maximum absolute atomic E-state index is 12.0. The Hall–Kier alpha value is -2.95. The zero-order valence-electron chi connectivity index (χ0n) is 10.6. The van der Waals surface area contributed by atoms with Crippen LogP contribution in [0.15, 0.2) is 61.1 Å². The van der Waals surface area contributed by atoms with E-state index in [1.54, 1.807) is 24.5 Å². The van der Waals surface area contributed by atoms with Crippen molar-refractivity contribution in [1.82, 2.24) is 15.0 Å². The van der Waals surface area contributed by atoms with Crippen molar-refractivity contribution in [2.24, 2.45) is 0 Å². The second-order valence-electron chi connectivity index (χ2n) is 4.21. The first kappa shape index (κ1) is 12.1. The monoisotopic (exact) mass is 264 g/mol. The molecule has 0 bridgehead atoms. The molecule has 1 amide bonds. The molecular weight excluding hydrogens is 252 g/mol. The van der Waals surface area contributed by atoms with Crippen molar-refractivity contribution in [3.05, 3.63) is 66.7 Å². The smallest absolute Gasteiger partial charge is 0.273 e. The number of anilines is 1. The van der Waals surface area contributed by atoms with E-state index in [4.69, 9.17) is 0 Å². The van der Waals surface area contributed by atoms with Crippen LogP contribution in [0.2, 0.25) is 0 Å². The molecule has 2 N–H and O–H groups in total. The molecule has 20 heavy (non-hydrogen) atoms. The lowest BCUT2D eigenvalue weighted by molar-refractivity contribution is 0.102. The second-order valence-corrected chi connectivity index (χ2v) is 4.21. The quantitative estimate of drug-likeness (QED) is 0.764. The Labute approximate surface area is 115 Å². The van der Waals surface area contributed by atoms with Gasteiger partial charge in [-0.05, 0) is 12.1 Å². The minimum atomic E-state index is -0.243. The van der Waals surface area contributed by atoms with E-state index in [2.05, 4.69) is 20.3 Å². The lowest BCUT2D eigenvalue weighted by Gasteiger charge is -2.01. The third-order valence-corrected chi connectivity index (χ3v) is 2.79. The van der Waals surface area contributed by atoms with E-state index in [1.165, 1.54) is 6.20 Å². The Kier molecular flexibility index (Phi) is 3.24. The van der Waals surface area contributed by atoms with E-state index in [-0.39, 0.29) is 5.91 Å². The molecule has 0 aliphatic rings. The molecule has 3 rings (SSSR count). The van der Waals surface area contributed by atoms with Gasteiger partial charge in [0.25, 0.3) is 5.91 Å². The maximum Gasteiger partial charge on any atom is 0.273 e. The molecule has 0 saturated heterocycles. The molecule has 1 aromatic carbocycles. The highest BCUT2D eigenvalue weighted by atomic mass is 16.1. The molecule has 0 aliphatic heterocycles. The fourth-order valence-corrected chi connectivity index (χ4v) is 1.81. The summed E-state index contributed by atoms with van der Waals surface area (Å²) in [4.78, 5) is 23.2. The number of pyridine rings is 1. The highest BCUT2D eigenvalue weighted by Crippen LogP contribution is 2.15. The molecule has 0 fully saturated rings. The minimum absolute atomic E-state index is 0.243. The number of carbonyl (C=O) groups is 1. The van der Waals surface area contributed by atoms with Crippen LogP contribution >= 0.6 is 0 Å². The first-order chi connectivity index (χ1) is 9.83. The number of carbonyl (C=O) groups excluding carboxylic acids is 1. The molecule has 0 radical (unpaired) electrons. The third-order valence-electron chi connectivity index (χ3n) is 2.79. The highest BCUT2D eigenvalue weighted by molar-refractivity contribution is 6.02. The van der Waals surface area contributed by atoms with Gasteiger partial charge < -0.3 is 10.3 Å². The Morgan fingerprint density at radius 1 is 1.05 bits per heavy atom. The molecular formula is C15H12N4O. The Morgan fingerprint density at radius 2 is 1.90 bits per heavy atom. The van der Waals surface area contributed by atoms with Crippen molar-refractivity contribution < 1.29 is 4.79 Å². The summed E-state index contributed by atoms with van der Waals surface area (Å²) >= 11 is 0. The van der Waals surface area contributed by atoms with Crippen molar-refractivity contribution in [3.63, 3.8) is 0 Å². The van der Waals surface area contributed by atoms with Gasteiger partial charge in [0.15, 0.2) is 0 Å². The number of rotatable bonds is 3. The average Bonchev–Trinajstić information content (AvgIpc) is 2.99. The first-order valence-corrected chi connectivity index (χ1v) is 6.15. The van der Waals surface area contributed by atoms with Gasteiger partial charge in [-0.1, -0.05) is 30.3 Å². The average molecular weight is 264 g/mol. The van der Waals surface area contributed by atoms with Gasteiger partial charge in [0.1, 0.15) is 11.5 Å². The number of nitrogens with one attached hydrogen (secondary N) is 2. The zero-order valence-corrected chi connectivity index (χ0v) is 10.6. The van der Waals surface area contributed by atoms with Crippen LogP contribution in [0.5, 0.6) is 0 Å². The van der Waals surface area contributed by atoms with E-state index in [0.717, 1.165) is 5.56 Å². The van der Waals surface area contributed by atoms with E-state index < -0.39 is 0 Å². The largest absolute Gasteiger partial charge is 0.334 e. The number of nitrogens with zero attached hydrogens (tertiary/aromatic N) is 2. The molecule has 3 aromatic rings. The molecule has 5 nitrogen and oxygen atoms in total. The normalized spacial score (nSPS) is 10.2. The summed E-state index contributed by atoms with van der Waals surface area (Å²) in [6.07, 6.45) is 4.76. The van der Waals surface area contributed by atoms with Gasteiger partial charge in [-0.25, -0.2) is 4.98 Å². The van der Waals surface area contributed by atoms with Gasteiger partial charge >= 0.3 is 0 Å². The number of hydrogen-bond donors (Lipinski definition) is 2. The summed E-state index contributed by atoms with van der Waals surface area (Å²) in [5.74, 6) is 0.426. The van der Waals surface area contributed by atoms with Gasteiger partial charge in [-0.2, -0.15) is 0 Å². The number of imidazole rings is 1. The number of hydrogen-bond acceptors (Lipinski definition) is 3. The summed E-state index contributed by atoms with van der Waals surface area (Å²) in [7, 11) is 0. The van der Waals surface area contributed by atoms with Crippen molar-refractivity contribution in [3.8, 4) is 11.4 Å². The lowest BCUT2D eigenvalue weighted by Crippen LogP contribution is -2.12. The van der Waals surface area contributed by atoms with Gasteiger partial charge in [-0.3, -0.25) is 9.78 Å². The maximum atomic E-state index is 12.0. The molecule has 0 spiro atoms. The standard InChI is InChI=1S/C15H12N4O/c20-15(18-12-7-4-8-16-9-12)13-10-17-14(19-13)11-5-2-1-3-6-11/h1-10H,(H,17,19)(H,18,20). The van der Waals surface area contributed by atoms with Crippen LogP contribution < -0.4 is 5.32 Å². The summed E-state index contributed by atoms with van der Waals surface area (Å²) in [6, 6.07) is 13.2. The molecule has 0 atom stereocenters. The van der Waals surface area contributed by atoms with Crippen LogP contribution in [-0.2, 0) is 0 Å². The van der Waals surface area contributed by atoms with E-state index in [9.17, 15) is 4.79 Å². The highest BCUT2D eigenvalue weighted by Gasteiger charge is 2.10. The molecule has 2 aromatic heterocycles. The van der Waals surface area contributed by atoms with Gasteiger partial charge in [-0.15, -0.1) is 0 Å². The molecule has 0 unspecified atom stereocenters. The lowest BCUT2D eigenvalue weighted by atomic mass is 10.2. The van der Waals surface area contributed by atoms with E-state index in [1.807, 2.05) is 30.3 Å².